The Morgan fingerprint density at radius 2 is 2.00 bits per heavy atom. The smallest absolute Gasteiger partial charge is 0.226 e. The maximum Gasteiger partial charge on any atom is 0.226 e. The van der Waals surface area contributed by atoms with Crippen LogP contribution in [0.15, 0.2) is 24.3 Å². The lowest BCUT2D eigenvalue weighted by Gasteiger charge is -2.47. The number of nitrogens with one attached hydrogen (secondary N) is 1. The molecule has 0 aliphatic carbocycles. The van der Waals surface area contributed by atoms with Crippen molar-refractivity contribution in [1.82, 2.24) is 10.2 Å². The summed E-state index contributed by atoms with van der Waals surface area (Å²) in [5, 5.41) is 3.24. The zero-order chi connectivity index (χ0) is 18.1. The van der Waals surface area contributed by atoms with E-state index in [1.807, 2.05) is 29.2 Å². The van der Waals surface area contributed by atoms with E-state index in [-0.39, 0.29) is 29.4 Å². The van der Waals surface area contributed by atoms with E-state index in [0.29, 0.717) is 26.3 Å². The first-order valence-corrected chi connectivity index (χ1v) is 9.48. The average molecular weight is 358 g/mol. The predicted octanol–water partition coefficient (Wildman–Crippen LogP) is 2.04. The molecule has 140 valence electrons. The van der Waals surface area contributed by atoms with Gasteiger partial charge in [-0.15, -0.1) is 0 Å². The molecule has 1 N–H and O–H groups in total. The Morgan fingerprint density at radius 1 is 1.23 bits per heavy atom. The summed E-state index contributed by atoms with van der Waals surface area (Å²) in [7, 11) is 0. The number of benzene rings is 1. The van der Waals surface area contributed by atoms with Crippen molar-refractivity contribution in [2.75, 3.05) is 26.3 Å². The Kier molecular flexibility index (Phi) is 4.61. The number of hydrogen-bond donors (Lipinski definition) is 1. The third-order valence-electron chi connectivity index (χ3n) is 5.93. The molecule has 3 aliphatic rings. The fourth-order valence-corrected chi connectivity index (χ4v) is 4.31. The van der Waals surface area contributed by atoms with E-state index in [4.69, 9.17) is 9.47 Å². The number of likely N-dealkylation sites (tertiary alicyclic amines) is 1. The van der Waals surface area contributed by atoms with Crippen LogP contribution in [0.2, 0.25) is 0 Å². The fourth-order valence-electron chi connectivity index (χ4n) is 4.31. The standard InChI is InChI=1S/C20H26N2O4/c1-14(23)22-9-7-20(8-10-22)12-17(16-4-2-3-5-18(16)26-20)21-19(24)15-6-11-25-13-15/h2-5,15,17H,6-13H2,1H3,(H,21,24). The third-order valence-corrected chi connectivity index (χ3v) is 5.93. The van der Waals surface area contributed by atoms with Crippen LogP contribution in [0.1, 0.15) is 44.2 Å². The van der Waals surface area contributed by atoms with E-state index >= 15 is 0 Å². The summed E-state index contributed by atoms with van der Waals surface area (Å²) >= 11 is 0. The summed E-state index contributed by atoms with van der Waals surface area (Å²) in [6.45, 7) is 4.19. The van der Waals surface area contributed by atoms with E-state index in [1.165, 1.54) is 0 Å². The SMILES string of the molecule is CC(=O)N1CCC2(CC1)CC(NC(=O)C1CCOC1)c1ccccc1O2. The molecule has 3 aliphatic heterocycles. The van der Waals surface area contributed by atoms with Gasteiger partial charge in [-0.3, -0.25) is 9.59 Å². The van der Waals surface area contributed by atoms with Gasteiger partial charge in [0.25, 0.3) is 0 Å². The molecule has 0 bridgehead atoms. The van der Waals surface area contributed by atoms with Crippen molar-refractivity contribution in [2.45, 2.75) is 44.2 Å². The van der Waals surface area contributed by atoms with Crippen molar-refractivity contribution in [2.24, 2.45) is 5.92 Å². The maximum absolute atomic E-state index is 12.7. The minimum absolute atomic E-state index is 0.0551. The lowest BCUT2D eigenvalue weighted by molar-refractivity contribution is -0.133. The van der Waals surface area contributed by atoms with Crippen LogP contribution in [0.3, 0.4) is 0 Å². The summed E-state index contributed by atoms with van der Waals surface area (Å²) in [5.74, 6) is 0.978. The van der Waals surface area contributed by atoms with Crippen molar-refractivity contribution < 1.29 is 19.1 Å². The highest BCUT2D eigenvalue weighted by Crippen LogP contribution is 2.44. The normalized spacial score (nSPS) is 26.9. The Bertz CT molecular complexity index is 691. The number of carbonyl (C=O) groups excluding carboxylic acids is 2. The molecule has 4 rings (SSSR count). The maximum atomic E-state index is 12.7. The molecule has 3 heterocycles. The van der Waals surface area contributed by atoms with Crippen molar-refractivity contribution in [3.63, 3.8) is 0 Å². The second-order valence-electron chi connectivity index (χ2n) is 7.65. The van der Waals surface area contributed by atoms with Crippen LogP contribution in [0.25, 0.3) is 0 Å². The number of piperidine rings is 1. The van der Waals surface area contributed by atoms with Gasteiger partial charge in [0.2, 0.25) is 11.8 Å². The Labute approximate surface area is 153 Å². The van der Waals surface area contributed by atoms with Gasteiger partial charge in [0, 0.05) is 51.4 Å². The second kappa shape index (κ2) is 6.91. The van der Waals surface area contributed by atoms with E-state index < -0.39 is 0 Å². The Morgan fingerprint density at radius 3 is 2.69 bits per heavy atom. The molecule has 1 spiro atoms. The average Bonchev–Trinajstić information content (AvgIpc) is 3.17. The van der Waals surface area contributed by atoms with Crippen LogP contribution in [-0.2, 0) is 14.3 Å². The van der Waals surface area contributed by atoms with Gasteiger partial charge in [0.1, 0.15) is 11.4 Å². The molecule has 2 atom stereocenters. The van der Waals surface area contributed by atoms with Gasteiger partial charge in [0.15, 0.2) is 0 Å². The van der Waals surface area contributed by atoms with Crippen molar-refractivity contribution in [3.8, 4) is 5.75 Å². The number of nitrogens with zero attached hydrogens (tertiary/aromatic N) is 1. The molecule has 0 aromatic heterocycles. The molecule has 6 heteroatoms. The number of rotatable bonds is 2. The number of para-hydroxylation sites is 1. The topological polar surface area (TPSA) is 67.9 Å². The van der Waals surface area contributed by atoms with Gasteiger partial charge in [0.05, 0.1) is 18.6 Å². The van der Waals surface area contributed by atoms with Gasteiger partial charge >= 0.3 is 0 Å². The molecular formula is C20H26N2O4. The molecule has 1 aromatic rings. The molecule has 2 amide bonds. The van der Waals surface area contributed by atoms with Crippen LogP contribution in [0, 0.1) is 5.92 Å². The molecule has 2 unspecified atom stereocenters. The van der Waals surface area contributed by atoms with Crippen LogP contribution in [0.4, 0.5) is 0 Å². The van der Waals surface area contributed by atoms with Crippen LogP contribution in [0.5, 0.6) is 5.75 Å². The van der Waals surface area contributed by atoms with Gasteiger partial charge in [-0.2, -0.15) is 0 Å². The molecule has 0 saturated carbocycles. The fraction of sp³-hybridized carbons (Fsp3) is 0.600. The Balaban J connectivity index is 1.53. The lowest BCUT2D eigenvalue weighted by atomic mass is 9.80. The second-order valence-corrected chi connectivity index (χ2v) is 7.65. The van der Waals surface area contributed by atoms with Crippen LogP contribution >= 0.6 is 0 Å². The first-order valence-electron chi connectivity index (χ1n) is 9.48. The molecule has 2 fully saturated rings. The summed E-state index contributed by atoms with van der Waals surface area (Å²) in [6, 6.07) is 7.90. The van der Waals surface area contributed by atoms with E-state index in [9.17, 15) is 9.59 Å². The quantitative estimate of drug-likeness (QED) is 0.879. The van der Waals surface area contributed by atoms with Gasteiger partial charge in [-0.05, 0) is 12.5 Å². The third kappa shape index (κ3) is 3.30. The van der Waals surface area contributed by atoms with Crippen molar-refractivity contribution in [3.05, 3.63) is 29.8 Å². The number of hydrogen-bond acceptors (Lipinski definition) is 4. The zero-order valence-corrected chi connectivity index (χ0v) is 15.2. The van der Waals surface area contributed by atoms with Gasteiger partial charge in [-0.25, -0.2) is 0 Å². The summed E-state index contributed by atoms with van der Waals surface area (Å²) < 4.78 is 11.8. The van der Waals surface area contributed by atoms with Crippen molar-refractivity contribution >= 4 is 11.8 Å². The molecule has 2 saturated heterocycles. The molecule has 0 radical (unpaired) electrons. The van der Waals surface area contributed by atoms with Crippen LogP contribution < -0.4 is 10.1 Å². The van der Waals surface area contributed by atoms with Gasteiger partial charge < -0.3 is 19.7 Å². The molecule has 6 nitrogen and oxygen atoms in total. The zero-order valence-electron chi connectivity index (χ0n) is 15.2. The largest absolute Gasteiger partial charge is 0.487 e. The highest BCUT2D eigenvalue weighted by Gasteiger charge is 2.44. The summed E-state index contributed by atoms with van der Waals surface area (Å²) in [6.07, 6.45) is 3.12. The first-order chi connectivity index (χ1) is 12.6. The lowest BCUT2D eigenvalue weighted by Crippen LogP contribution is -2.53. The minimum Gasteiger partial charge on any atom is -0.487 e. The molecular weight excluding hydrogens is 332 g/mol. The highest BCUT2D eigenvalue weighted by atomic mass is 16.5. The number of fused-ring (bicyclic) bond motifs is 1. The summed E-state index contributed by atoms with van der Waals surface area (Å²) in [4.78, 5) is 26.2. The van der Waals surface area contributed by atoms with E-state index in [0.717, 1.165) is 37.0 Å². The predicted molar refractivity (Wildman–Crippen MR) is 95.7 cm³/mol. The van der Waals surface area contributed by atoms with Crippen LogP contribution in [-0.4, -0.2) is 48.6 Å². The number of ether oxygens (including phenoxy) is 2. The number of amides is 2. The summed E-state index contributed by atoms with van der Waals surface area (Å²) in [5.41, 5.74) is 0.726. The monoisotopic (exact) mass is 358 g/mol. The van der Waals surface area contributed by atoms with E-state index in [2.05, 4.69) is 5.32 Å². The van der Waals surface area contributed by atoms with Gasteiger partial charge in [-0.1, -0.05) is 18.2 Å². The number of carbonyl (C=O) groups is 2. The van der Waals surface area contributed by atoms with E-state index in [1.54, 1.807) is 6.92 Å². The first kappa shape index (κ1) is 17.3. The molecule has 1 aromatic carbocycles. The highest BCUT2D eigenvalue weighted by molar-refractivity contribution is 5.79. The Hall–Kier alpha value is -2.08. The molecule has 26 heavy (non-hydrogen) atoms. The van der Waals surface area contributed by atoms with Crippen molar-refractivity contribution in [1.29, 1.82) is 0 Å². The minimum atomic E-state index is -0.315.